The van der Waals surface area contributed by atoms with E-state index in [1.54, 1.807) is 48.7 Å². The number of phenols is 1. The van der Waals surface area contributed by atoms with Gasteiger partial charge in [0.2, 0.25) is 0 Å². The minimum atomic E-state index is -4.13. The first-order valence-electron chi connectivity index (χ1n) is 29.9. The first kappa shape index (κ1) is 26.4. The molecule has 6 aromatic carbocycles. The van der Waals surface area contributed by atoms with E-state index in [0.717, 1.165) is 33.9 Å². The van der Waals surface area contributed by atoms with Crippen LogP contribution in [0.2, 0.25) is 0 Å². The molecule has 4 heteroatoms. The molecule has 0 radical (unpaired) electrons. The molecule has 320 valence electrons. The summed E-state index contributed by atoms with van der Waals surface area (Å²) in [5.41, 5.74) is -2.85. The number of para-hydroxylation sites is 1. The van der Waals surface area contributed by atoms with E-state index < -0.39 is 85.6 Å². The molecule has 0 fully saturated rings. The molecule has 0 amide bonds. The number of pyridine rings is 1. The Balaban J connectivity index is 1.57. The maximum absolute atomic E-state index is 13.0. The largest absolute Gasteiger partial charge is 0.507 e. The van der Waals surface area contributed by atoms with E-state index in [9.17, 15) is 5.11 Å². The lowest BCUT2D eigenvalue weighted by Crippen LogP contribution is -2.17. The second kappa shape index (κ2) is 15.8. The van der Waals surface area contributed by atoms with Crippen LogP contribution in [-0.4, -0.2) is 19.6 Å². The third-order valence-corrected chi connectivity index (χ3v) is 11.6. The molecule has 8 aromatic rings. The van der Waals surface area contributed by atoms with Gasteiger partial charge in [-0.1, -0.05) is 173 Å². The molecule has 0 aliphatic rings. The Kier molecular flexibility index (Phi) is 6.63. The fraction of sp³-hybridized carbons (Fsp3) is 0.288. The number of hydrogen-bond donors (Lipinski definition) is 1. The highest BCUT2D eigenvalue weighted by Crippen LogP contribution is 2.46. The average Bonchev–Trinajstić information content (AvgIpc) is 3.78. The third-order valence-electron chi connectivity index (χ3n) is 11.6. The predicted octanol–water partition coefficient (Wildman–Crippen LogP) is 16.0. The molecule has 0 spiro atoms. The second-order valence-corrected chi connectivity index (χ2v) is 18.6. The van der Waals surface area contributed by atoms with Gasteiger partial charge < -0.3 is 5.11 Å². The van der Waals surface area contributed by atoms with Crippen LogP contribution in [0.15, 0.2) is 140 Å². The zero-order valence-corrected chi connectivity index (χ0v) is 36.6. The number of nitrogens with zero attached hydrogens (tertiary/aromatic N) is 3. The average molecular weight is 848 g/mol. The van der Waals surface area contributed by atoms with Crippen molar-refractivity contribution < 1.29 is 29.8 Å². The molecular weight excluding hydrogens is 767 g/mol. The van der Waals surface area contributed by atoms with E-state index in [1.165, 1.54) is 10.1 Å². The van der Waals surface area contributed by atoms with Crippen molar-refractivity contribution in [2.45, 2.75) is 111 Å². The van der Waals surface area contributed by atoms with Crippen LogP contribution >= 0.6 is 0 Å². The molecule has 8 rings (SSSR count). The third kappa shape index (κ3) is 8.61. The standard InChI is InChI=1S/C59H63N3O/c1-37-22-27-51(47(30-37)39-18-15-14-16-19-39)62-52-21-17-20-46(53(52)61-55(62)48-35-45(58(8,9)10)36-49(54(48)63)59(11,12)13)41-31-42(33-44(32-41)57(5,6)7)50-34-40(28-29-60-50)38-23-25-43(26-24-38)56(2,3)4/h14-36,63H,1-13H3/i8D3,9D3,10D3,11D3,12D3,13D3. The number of fused-ring (bicyclic) bond motifs is 1. The molecule has 0 saturated carbocycles. The van der Waals surface area contributed by atoms with Gasteiger partial charge in [-0.3, -0.25) is 9.55 Å². The van der Waals surface area contributed by atoms with E-state index >= 15 is 0 Å². The van der Waals surface area contributed by atoms with Crippen LogP contribution in [0.3, 0.4) is 0 Å². The van der Waals surface area contributed by atoms with E-state index in [1.807, 2.05) is 61.5 Å². The molecule has 0 aliphatic heterocycles. The van der Waals surface area contributed by atoms with Crippen molar-refractivity contribution in [3.05, 3.63) is 167 Å². The van der Waals surface area contributed by atoms with Crippen LogP contribution in [0.5, 0.6) is 5.75 Å². The summed E-state index contributed by atoms with van der Waals surface area (Å²) in [6, 6.07) is 38.9. The van der Waals surface area contributed by atoms with Gasteiger partial charge >= 0.3 is 0 Å². The predicted molar refractivity (Wildman–Crippen MR) is 267 cm³/mol. The van der Waals surface area contributed by atoms with E-state index in [2.05, 4.69) is 65.8 Å². The van der Waals surface area contributed by atoms with Crippen molar-refractivity contribution >= 4 is 11.0 Å². The summed E-state index contributed by atoms with van der Waals surface area (Å²) in [6.07, 6.45) is 1.74. The van der Waals surface area contributed by atoms with Gasteiger partial charge in [-0.25, -0.2) is 4.98 Å². The normalized spacial score (nSPS) is 18.0. The number of aryl methyl sites for hydroxylation is 1. The van der Waals surface area contributed by atoms with E-state index in [0.29, 0.717) is 45.2 Å². The van der Waals surface area contributed by atoms with Crippen LogP contribution < -0.4 is 0 Å². The number of imidazole rings is 1. The Hall–Kier alpha value is -6.26. The molecule has 0 unspecified atom stereocenters. The van der Waals surface area contributed by atoms with Crippen LogP contribution in [0.1, 0.15) is 135 Å². The van der Waals surface area contributed by atoms with Gasteiger partial charge in [0, 0.05) is 53.1 Å². The summed E-state index contributed by atoms with van der Waals surface area (Å²) in [4.78, 5) is 10.0. The summed E-state index contributed by atoms with van der Waals surface area (Å²) in [6.45, 7) is -10.0. The summed E-state index contributed by atoms with van der Waals surface area (Å²) in [5, 5.41) is 13.0. The van der Waals surface area contributed by atoms with Gasteiger partial charge in [0.05, 0.1) is 28.0 Å². The monoisotopic (exact) mass is 848 g/mol. The molecule has 4 nitrogen and oxygen atoms in total. The Labute approximate surface area is 401 Å². The van der Waals surface area contributed by atoms with Crippen LogP contribution in [-0.2, 0) is 21.7 Å². The lowest BCUT2D eigenvalue weighted by atomic mass is 9.79. The number of aromatic hydroxyl groups is 1. The molecule has 0 bridgehead atoms. The highest BCUT2D eigenvalue weighted by Gasteiger charge is 2.29. The molecule has 2 aromatic heterocycles. The minimum absolute atomic E-state index is 0.0568. The maximum atomic E-state index is 13.0. The van der Waals surface area contributed by atoms with Gasteiger partial charge in [-0.2, -0.15) is 0 Å². The van der Waals surface area contributed by atoms with E-state index in [4.69, 9.17) is 34.6 Å². The van der Waals surface area contributed by atoms with Crippen molar-refractivity contribution in [1.82, 2.24) is 14.5 Å². The first-order chi connectivity index (χ1) is 37.1. The van der Waals surface area contributed by atoms with Crippen molar-refractivity contribution in [2.24, 2.45) is 0 Å². The molecule has 0 saturated heterocycles. The molecule has 0 aliphatic carbocycles. The number of aromatic nitrogens is 3. The second-order valence-electron chi connectivity index (χ2n) is 18.6. The summed E-state index contributed by atoms with van der Waals surface area (Å²) in [5.74, 6) is -1.75. The fourth-order valence-corrected chi connectivity index (χ4v) is 8.05. The van der Waals surface area contributed by atoms with Gasteiger partial charge in [0.1, 0.15) is 11.6 Å². The van der Waals surface area contributed by atoms with Crippen LogP contribution in [0.4, 0.5) is 0 Å². The molecular formula is C59H63N3O. The minimum Gasteiger partial charge on any atom is -0.507 e. The molecule has 63 heavy (non-hydrogen) atoms. The van der Waals surface area contributed by atoms with E-state index in [-0.39, 0.29) is 10.9 Å². The zero-order valence-electron chi connectivity index (χ0n) is 54.6. The number of phenolic OH excluding ortho intramolecular Hbond substituents is 1. The van der Waals surface area contributed by atoms with Crippen molar-refractivity contribution in [1.29, 1.82) is 0 Å². The molecule has 0 atom stereocenters. The summed E-state index contributed by atoms with van der Waals surface area (Å²) < 4.78 is 159. The van der Waals surface area contributed by atoms with Crippen LogP contribution in [0, 0.1) is 6.92 Å². The summed E-state index contributed by atoms with van der Waals surface area (Å²) in [7, 11) is 0. The van der Waals surface area contributed by atoms with Gasteiger partial charge in [0.25, 0.3) is 0 Å². The lowest BCUT2D eigenvalue weighted by Gasteiger charge is -2.27. The van der Waals surface area contributed by atoms with Gasteiger partial charge in [0.15, 0.2) is 0 Å². The Morgan fingerprint density at radius 1 is 0.508 bits per heavy atom. The smallest absolute Gasteiger partial charge is 0.149 e. The SMILES string of the molecule is [2H]C([2H])([2H])C(c1cc(-c2nc3c(-c4cc(-c5cc(-c6ccc(C(C)(C)C)cc6)ccn5)cc(C(C)(C)C)c4)cccc3n2-c2ccc(C)cc2-c2ccccc2)c(O)c(C(C([2H])([2H])[2H])(C([2H])([2H])[2H])C([2H])([2H])[2H])c1)(C([2H])([2H])[2H])C([2H])([2H])[2H]. The maximum Gasteiger partial charge on any atom is 0.149 e. The molecule has 2 heterocycles. The Morgan fingerprint density at radius 2 is 1.19 bits per heavy atom. The number of benzene rings is 6. The molecule has 1 N–H and O–H groups in total. The van der Waals surface area contributed by atoms with Gasteiger partial charge in [-0.05, 0) is 116 Å². The quantitative estimate of drug-likeness (QED) is 0.181. The van der Waals surface area contributed by atoms with Crippen molar-refractivity contribution in [3.8, 4) is 67.5 Å². The summed E-state index contributed by atoms with van der Waals surface area (Å²) >= 11 is 0. The lowest BCUT2D eigenvalue weighted by molar-refractivity contribution is 0.446. The Bertz CT molecular complexity index is 3590. The number of hydrogen-bond acceptors (Lipinski definition) is 3. The van der Waals surface area contributed by atoms with Gasteiger partial charge in [-0.15, -0.1) is 0 Å². The number of rotatable bonds is 6. The first-order valence-corrected chi connectivity index (χ1v) is 20.9. The highest BCUT2D eigenvalue weighted by molar-refractivity contribution is 5.98. The Morgan fingerprint density at radius 3 is 1.87 bits per heavy atom. The van der Waals surface area contributed by atoms with Crippen molar-refractivity contribution in [3.63, 3.8) is 0 Å². The van der Waals surface area contributed by atoms with Crippen LogP contribution in [0.25, 0.3) is 72.7 Å². The zero-order chi connectivity index (χ0) is 60.2. The highest BCUT2D eigenvalue weighted by atomic mass is 16.3. The fourth-order valence-electron chi connectivity index (χ4n) is 8.05. The topological polar surface area (TPSA) is 50.9 Å². The van der Waals surface area contributed by atoms with Crippen molar-refractivity contribution in [2.75, 3.05) is 0 Å².